The lowest BCUT2D eigenvalue weighted by Gasteiger charge is -2.33. The summed E-state index contributed by atoms with van der Waals surface area (Å²) in [6.07, 6.45) is 1.50. The summed E-state index contributed by atoms with van der Waals surface area (Å²) in [5.74, 6) is 0. The second-order valence-electron chi connectivity index (χ2n) is 6.34. The van der Waals surface area contributed by atoms with E-state index in [-0.39, 0.29) is 6.54 Å². The third-order valence-corrected chi connectivity index (χ3v) is 5.90. The Morgan fingerprint density at radius 3 is 2.58 bits per heavy atom. The van der Waals surface area contributed by atoms with Crippen molar-refractivity contribution in [2.24, 2.45) is 0 Å². The van der Waals surface area contributed by atoms with Gasteiger partial charge in [0.2, 0.25) is 10.0 Å². The van der Waals surface area contributed by atoms with E-state index < -0.39 is 26.5 Å². The fraction of sp³-hybridized carbons (Fsp3) is 0.917. The monoisotopic (exact) mass is 290 g/mol. The Kier molecular flexibility index (Phi) is 3.55. The van der Waals surface area contributed by atoms with E-state index in [1.54, 1.807) is 20.8 Å². The van der Waals surface area contributed by atoms with Gasteiger partial charge in [0.25, 0.3) is 0 Å². The van der Waals surface area contributed by atoms with E-state index in [4.69, 9.17) is 4.74 Å². The number of sulfonamides is 1. The molecule has 7 heteroatoms. The molecule has 19 heavy (non-hydrogen) atoms. The Balaban J connectivity index is 2.09. The van der Waals surface area contributed by atoms with Gasteiger partial charge < -0.3 is 9.64 Å². The Hall–Kier alpha value is -0.820. The number of hydrogen-bond donors (Lipinski definition) is 1. The molecular formula is C12H22N2O4S. The van der Waals surface area contributed by atoms with E-state index in [9.17, 15) is 13.2 Å². The number of nitrogens with one attached hydrogen (secondary N) is 1. The smallest absolute Gasteiger partial charge is 0.410 e. The van der Waals surface area contributed by atoms with Crippen LogP contribution >= 0.6 is 0 Å². The summed E-state index contributed by atoms with van der Waals surface area (Å²) < 4.78 is 31.4. The maximum absolute atomic E-state index is 12.2. The van der Waals surface area contributed by atoms with Crippen molar-refractivity contribution in [3.8, 4) is 0 Å². The molecule has 2 aliphatic rings. The summed E-state index contributed by atoms with van der Waals surface area (Å²) in [5.41, 5.74) is -0.559. The van der Waals surface area contributed by atoms with Crippen molar-refractivity contribution in [3.63, 3.8) is 0 Å². The minimum absolute atomic E-state index is 0.233. The van der Waals surface area contributed by atoms with Crippen LogP contribution in [0.4, 0.5) is 4.79 Å². The standard InChI is InChI=1S/C12H22N2O4S/c1-11(2,3)18-10(15)14-8-6-12(9-14)5-4-7-13-19(12,16)17/h13H,4-9H2,1-3H3. The first-order chi connectivity index (χ1) is 8.65. The molecule has 1 N–H and O–H groups in total. The van der Waals surface area contributed by atoms with Gasteiger partial charge in [-0.15, -0.1) is 0 Å². The van der Waals surface area contributed by atoms with Crippen molar-refractivity contribution in [2.75, 3.05) is 19.6 Å². The molecule has 0 radical (unpaired) electrons. The van der Waals surface area contributed by atoms with Gasteiger partial charge in [0.15, 0.2) is 0 Å². The summed E-state index contributed by atoms with van der Waals surface area (Å²) >= 11 is 0. The van der Waals surface area contributed by atoms with Crippen LogP contribution in [0.2, 0.25) is 0 Å². The Labute approximate surface area is 114 Å². The van der Waals surface area contributed by atoms with Gasteiger partial charge in [0, 0.05) is 19.6 Å². The number of rotatable bonds is 0. The quantitative estimate of drug-likeness (QED) is 0.724. The number of nitrogens with zero attached hydrogens (tertiary/aromatic N) is 1. The van der Waals surface area contributed by atoms with Crippen LogP contribution in [0.15, 0.2) is 0 Å². The van der Waals surface area contributed by atoms with Crippen molar-refractivity contribution in [1.82, 2.24) is 9.62 Å². The van der Waals surface area contributed by atoms with E-state index >= 15 is 0 Å². The van der Waals surface area contributed by atoms with Crippen LogP contribution in [0.25, 0.3) is 0 Å². The predicted octanol–water partition coefficient (Wildman–Crippen LogP) is 1.08. The van der Waals surface area contributed by atoms with E-state index in [1.807, 2.05) is 0 Å². The van der Waals surface area contributed by atoms with Crippen molar-refractivity contribution >= 4 is 16.1 Å². The topological polar surface area (TPSA) is 75.7 Å². The van der Waals surface area contributed by atoms with E-state index in [0.29, 0.717) is 25.9 Å². The van der Waals surface area contributed by atoms with Crippen molar-refractivity contribution in [1.29, 1.82) is 0 Å². The highest BCUT2D eigenvalue weighted by molar-refractivity contribution is 7.91. The number of carbonyl (C=O) groups excluding carboxylic acids is 1. The molecule has 0 aromatic carbocycles. The van der Waals surface area contributed by atoms with Gasteiger partial charge in [0.05, 0.1) is 0 Å². The van der Waals surface area contributed by atoms with Crippen molar-refractivity contribution in [2.45, 2.75) is 50.4 Å². The normalized spacial score (nSPS) is 30.6. The zero-order valence-electron chi connectivity index (χ0n) is 11.7. The van der Waals surface area contributed by atoms with Gasteiger partial charge in [0.1, 0.15) is 10.3 Å². The molecule has 0 saturated carbocycles. The first-order valence-electron chi connectivity index (χ1n) is 6.62. The Morgan fingerprint density at radius 1 is 1.32 bits per heavy atom. The fourth-order valence-corrected chi connectivity index (χ4v) is 4.47. The van der Waals surface area contributed by atoms with Crippen LogP contribution in [0.1, 0.15) is 40.0 Å². The number of amides is 1. The third-order valence-electron chi connectivity index (χ3n) is 3.64. The molecule has 0 aliphatic carbocycles. The summed E-state index contributed by atoms with van der Waals surface area (Å²) in [5, 5.41) is 0. The largest absolute Gasteiger partial charge is 0.444 e. The van der Waals surface area contributed by atoms with Gasteiger partial charge >= 0.3 is 6.09 Å². The average Bonchev–Trinajstić information content (AvgIpc) is 2.66. The number of likely N-dealkylation sites (tertiary alicyclic amines) is 1. The van der Waals surface area contributed by atoms with Gasteiger partial charge in [-0.05, 0) is 40.0 Å². The van der Waals surface area contributed by atoms with E-state index in [0.717, 1.165) is 6.42 Å². The predicted molar refractivity (Wildman–Crippen MR) is 71.3 cm³/mol. The summed E-state index contributed by atoms with van der Waals surface area (Å²) in [6, 6.07) is 0. The molecule has 2 aliphatic heterocycles. The first-order valence-corrected chi connectivity index (χ1v) is 8.11. The molecule has 2 heterocycles. The van der Waals surface area contributed by atoms with Crippen LogP contribution < -0.4 is 4.72 Å². The lowest BCUT2D eigenvalue weighted by Crippen LogP contribution is -2.52. The molecule has 1 amide bonds. The molecule has 1 unspecified atom stereocenters. The van der Waals surface area contributed by atoms with Crippen LogP contribution in [0, 0.1) is 0 Å². The highest BCUT2D eigenvalue weighted by Crippen LogP contribution is 2.36. The molecule has 1 atom stereocenters. The maximum atomic E-state index is 12.2. The molecular weight excluding hydrogens is 268 g/mol. The number of carbonyl (C=O) groups is 1. The molecule has 2 fully saturated rings. The van der Waals surface area contributed by atoms with Crippen LogP contribution in [-0.4, -0.2) is 49.4 Å². The van der Waals surface area contributed by atoms with Gasteiger partial charge in [-0.25, -0.2) is 17.9 Å². The first kappa shape index (κ1) is 14.6. The van der Waals surface area contributed by atoms with Crippen molar-refractivity contribution < 1.29 is 17.9 Å². The molecule has 0 aromatic heterocycles. The number of hydrogen-bond acceptors (Lipinski definition) is 4. The molecule has 2 saturated heterocycles. The Bertz CT molecular complexity index is 469. The zero-order chi connectivity index (χ0) is 14.3. The van der Waals surface area contributed by atoms with Gasteiger partial charge in [-0.1, -0.05) is 0 Å². The second-order valence-corrected chi connectivity index (χ2v) is 8.50. The highest BCUT2D eigenvalue weighted by atomic mass is 32.2. The third kappa shape index (κ3) is 2.86. The number of ether oxygens (including phenoxy) is 1. The molecule has 110 valence electrons. The SMILES string of the molecule is CC(C)(C)OC(=O)N1CCC2(CCCNS2(=O)=O)C1. The van der Waals surface area contributed by atoms with E-state index in [2.05, 4.69) is 4.72 Å². The zero-order valence-corrected chi connectivity index (χ0v) is 12.5. The average molecular weight is 290 g/mol. The highest BCUT2D eigenvalue weighted by Gasteiger charge is 2.51. The molecule has 0 bridgehead atoms. The molecule has 1 spiro atoms. The second kappa shape index (κ2) is 4.63. The molecule has 2 rings (SSSR count). The Morgan fingerprint density at radius 2 is 2.00 bits per heavy atom. The summed E-state index contributed by atoms with van der Waals surface area (Å²) in [4.78, 5) is 13.5. The minimum atomic E-state index is -3.33. The lowest BCUT2D eigenvalue weighted by molar-refractivity contribution is 0.0289. The van der Waals surface area contributed by atoms with Crippen molar-refractivity contribution in [3.05, 3.63) is 0 Å². The van der Waals surface area contributed by atoms with Crippen LogP contribution in [0.3, 0.4) is 0 Å². The minimum Gasteiger partial charge on any atom is -0.444 e. The summed E-state index contributed by atoms with van der Waals surface area (Å²) in [7, 11) is -3.33. The molecule has 6 nitrogen and oxygen atoms in total. The van der Waals surface area contributed by atoms with Gasteiger partial charge in [-0.3, -0.25) is 0 Å². The van der Waals surface area contributed by atoms with Crippen LogP contribution in [0.5, 0.6) is 0 Å². The molecule has 0 aromatic rings. The van der Waals surface area contributed by atoms with Crippen LogP contribution in [-0.2, 0) is 14.8 Å². The van der Waals surface area contributed by atoms with Gasteiger partial charge in [-0.2, -0.15) is 0 Å². The lowest BCUT2D eigenvalue weighted by atomic mass is 10.0. The fourth-order valence-electron chi connectivity index (χ4n) is 2.65. The maximum Gasteiger partial charge on any atom is 0.410 e. The van der Waals surface area contributed by atoms with E-state index in [1.165, 1.54) is 4.90 Å². The summed E-state index contributed by atoms with van der Waals surface area (Å²) in [6.45, 7) is 6.57.